The Balaban J connectivity index is 2.00. The number of hydrogen-bond donors (Lipinski definition) is 2. The predicted octanol–water partition coefficient (Wildman–Crippen LogP) is 1.94. The zero-order valence-electron chi connectivity index (χ0n) is 14.6. The first-order valence-corrected chi connectivity index (χ1v) is 8.08. The van der Waals surface area contributed by atoms with Crippen molar-refractivity contribution in [3.8, 4) is 0 Å². The smallest absolute Gasteiger partial charge is 0.279 e. The van der Waals surface area contributed by atoms with E-state index in [1.54, 1.807) is 4.68 Å². The van der Waals surface area contributed by atoms with Crippen LogP contribution in [0.2, 0.25) is 0 Å². The summed E-state index contributed by atoms with van der Waals surface area (Å²) in [6.45, 7) is 8.63. The number of carbonyl (C=O) groups is 1. The average molecular weight is 315 g/mol. The molecule has 0 saturated carbocycles. The molecule has 124 valence electrons. The lowest BCUT2D eigenvalue weighted by atomic mass is 9.96. The van der Waals surface area contributed by atoms with Crippen LogP contribution in [0.3, 0.4) is 0 Å². The fourth-order valence-corrected chi connectivity index (χ4v) is 2.85. The summed E-state index contributed by atoms with van der Waals surface area (Å²) in [6.07, 6.45) is 0. The quantitative estimate of drug-likeness (QED) is 0.855. The Kier molecular flexibility index (Phi) is 5.55. The number of nitrogens with one attached hydrogen (secondary N) is 1. The van der Waals surface area contributed by atoms with E-state index in [0.29, 0.717) is 12.5 Å². The molecule has 23 heavy (non-hydrogen) atoms. The summed E-state index contributed by atoms with van der Waals surface area (Å²) >= 11 is 0. The fourth-order valence-electron chi connectivity index (χ4n) is 2.85. The Hall–Kier alpha value is -2.14. The lowest BCUT2D eigenvalue weighted by molar-refractivity contribution is -0.692. The molecule has 1 aromatic heterocycles. The maximum atomic E-state index is 12.3. The van der Waals surface area contributed by atoms with E-state index in [4.69, 9.17) is 0 Å². The molecule has 1 heterocycles. The molecular weight excluding hydrogens is 288 g/mol. The van der Waals surface area contributed by atoms with Gasteiger partial charge in [0.25, 0.3) is 5.91 Å². The lowest BCUT2D eigenvalue weighted by Gasteiger charge is -2.19. The van der Waals surface area contributed by atoms with Gasteiger partial charge in [-0.05, 0) is 13.8 Å². The molecule has 0 saturated heterocycles. The van der Waals surface area contributed by atoms with E-state index in [1.165, 1.54) is 5.56 Å². The number of anilines is 1. The molecule has 3 N–H and O–H groups in total. The number of carbonyl (C=O) groups excluding carboxylic acids is 1. The van der Waals surface area contributed by atoms with Crippen molar-refractivity contribution in [1.29, 1.82) is 0 Å². The second kappa shape index (κ2) is 7.42. The zero-order chi connectivity index (χ0) is 17.0. The molecule has 0 spiro atoms. The van der Waals surface area contributed by atoms with Gasteiger partial charge in [0.05, 0.1) is 17.1 Å². The Morgan fingerprint density at radius 3 is 2.43 bits per heavy atom. The van der Waals surface area contributed by atoms with Gasteiger partial charge in [-0.25, -0.2) is 0 Å². The van der Waals surface area contributed by atoms with Gasteiger partial charge in [-0.1, -0.05) is 44.2 Å². The topological polar surface area (TPSA) is 63.5 Å². The third-order valence-corrected chi connectivity index (χ3v) is 4.23. The molecule has 0 aliphatic rings. The number of aromatic nitrogens is 2. The molecule has 0 bridgehead atoms. The van der Waals surface area contributed by atoms with E-state index in [0.717, 1.165) is 17.1 Å². The fraction of sp³-hybridized carbons (Fsp3) is 0.444. The van der Waals surface area contributed by atoms with Crippen LogP contribution < -0.4 is 10.6 Å². The van der Waals surface area contributed by atoms with E-state index in [1.807, 2.05) is 39.1 Å². The molecule has 0 unspecified atom stereocenters. The predicted molar refractivity (Wildman–Crippen MR) is 92.1 cm³/mol. The largest absolute Gasteiger partial charge is 0.332 e. The van der Waals surface area contributed by atoms with Crippen LogP contribution in [0.4, 0.5) is 5.69 Å². The van der Waals surface area contributed by atoms with E-state index in [9.17, 15) is 4.79 Å². The van der Waals surface area contributed by atoms with Gasteiger partial charge in [0, 0.05) is 18.5 Å². The number of nitrogens with two attached hydrogens (primary N) is 1. The van der Waals surface area contributed by atoms with Crippen LogP contribution in [0.5, 0.6) is 0 Å². The van der Waals surface area contributed by atoms with Gasteiger partial charge in [-0.3, -0.25) is 9.48 Å². The molecule has 0 radical (unpaired) electrons. The van der Waals surface area contributed by atoms with Crippen LogP contribution in [-0.4, -0.2) is 22.2 Å². The molecule has 0 aliphatic carbocycles. The average Bonchev–Trinajstić information content (AvgIpc) is 2.74. The summed E-state index contributed by atoms with van der Waals surface area (Å²) in [6, 6.07) is 10.6. The zero-order valence-corrected chi connectivity index (χ0v) is 14.6. The third kappa shape index (κ3) is 4.20. The lowest BCUT2D eigenvalue weighted by Crippen LogP contribution is -2.88. The highest BCUT2D eigenvalue weighted by molar-refractivity contribution is 5.92. The molecule has 0 fully saturated rings. The van der Waals surface area contributed by atoms with Crippen LogP contribution in [0.15, 0.2) is 30.3 Å². The number of rotatable bonds is 6. The molecule has 1 aromatic carbocycles. The van der Waals surface area contributed by atoms with E-state index in [-0.39, 0.29) is 11.9 Å². The van der Waals surface area contributed by atoms with Crippen LogP contribution in [0, 0.1) is 19.8 Å². The van der Waals surface area contributed by atoms with Crippen molar-refractivity contribution < 1.29 is 10.1 Å². The number of amides is 1. The monoisotopic (exact) mass is 315 g/mol. The van der Waals surface area contributed by atoms with Crippen LogP contribution in [-0.2, 0) is 11.8 Å². The Bertz CT molecular complexity index is 661. The van der Waals surface area contributed by atoms with Gasteiger partial charge in [0.2, 0.25) is 0 Å². The summed E-state index contributed by atoms with van der Waals surface area (Å²) < 4.78 is 1.79. The Morgan fingerprint density at radius 2 is 1.91 bits per heavy atom. The summed E-state index contributed by atoms with van der Waals surface area (Å²) in [5.74, 6) is 0.456. The summed E-state index contributed by atoms with van der Waals surface area (Å²) in [7, 11) is 1.88. The van der Waals surface area contributed by atoms with Crippen LogP contribution >= 0.6 is 0 Å². The molecule has 5 nitrogen and oxygen atoms in total. The first kappa shape index (κ1) is 17.2. The molecule has 2 aromatic rings. The summed E-state index contributed by atoms with van der Waals surface area (Å²) in [5, 5.41) is 9.43. The first-order valence-electron chi connectivity index (χ1n) is 8.08. The van der Waals surface area contributed by atoms with Gasteiger partial charge in [0.1, 0.15) is 6.04 Å². The van der Waals surface area contributed by atoms with E-state index >= 15 is 0 Å². The van der Waals surface area contributed by atoms with E-state index in [2.05, 4.69) is 41.7 Å². The second-order valence-corrected chi connectivity index (χ2v) is 6.34. The molecule has 1 amide bonds. The number of hydrogen-bond acceptors (Lipinski definition) is 2. The van der Waals surface area contributed by atoms with Gasteiger partial charge < -0.3 is 10.6 Å². The standard InChI is InChI=1S/C18H26N4O/c1-12(2)17(15-9-7-6-8-10-15)19-11-16(23)20-18-13(3)21-22(5)14(18)4/h6-10,12,17,19H,11H2,1-5H3,(H,20,23)/p+1/t17-/m1/s1. The second-order valence-electron chi connectivity index (χ2n) is 6.34. The highest BCUT2D eigenvalue weighted by Gasteiger charge is 2.21. The van der Waals surface area contributed by atoms with Crippen molar-refractivity contribution in [2.24, 2.45) is 13.0 Å². The van der Waals surface area contributed by atoms with Crippen molar-refractivity contribution in [1.82, 2.24) is 9.78 Å². The number of benzene rings is 1. The van der Waals surface area contributed by atoms with Crippen LogP contribution in [0.1, 0.15) is 36.8 Å². The number of aryl methyl sites for hydroxylation is 2. The number of nitrogens with zero attached hydrogens (tertiary/aromatic N) is 2. The summed E-state index contributed by atoms with van der Waals surface area (Å²) in [5.41, 5.74) is 3.90. The third-order valence-electron chi connectivity index (χ3n) is 4.23. The molecule has 2 rings (SSSR count). The van der Waals surface area contributed by atoms with Crippen LogP contribution in [0.25, 0.3) is 0 Å². The van der Waals surface area contributed by atoms with Gasteiger partial charge in [-0.15, -0.1) is 0 Å². The minimum Gasteiger partial charge on any atom is -0.332 e. The van der Waals surface area contributed by atoms with Gasteiger partial charge >= 0.3 is 0 Å². The highest BCUT2D eigenvalue weighted by atomic mass is 16.1. The van der Waals surface area contributed by atoms with Crippen molar-refractivity contribution >= 4 is 11.6 Å². The number of quaternary nitrogens is 1. The Labute approximate surface area is 138 Å². The first-order chi connectivity index (χ1) is 10.9. The summed E-state index contributed by atoms with van der Waals surface area (Å²) in [4.78, 5) is 12.3. The highest BCUT2D eigenvalue weighted by Crippen LogP contribution is 2.18. The van der Waals surface area contributed by atoms with Gasteiger partial charge in [0.15, 0.2) is 6.54 Å². The van der Waals surface area contributed by atoms with Crippen molar-refractivity contribution in [3.63, 3.8) is 0 Å². The SMILES string of the molecule is Cc1nn(C)c(C)c1NC(=O)C[NH2+][C@@H](c1ccccc1)C(C)C. The Morgan fingerprint density at radius 1 is 1.26 bits per heavy atom. The molecule has 0 aliphatic heterocycles. The molecule has 1 atom stereocenters. The molecule has 5 heteroatoms. The maximum absolute atomic E-state index is 12.3. The minimum absolute atomic E-state index is 0.00535. The van der Waals surface area contributed by atoms with E-state index < -0.39 is 0 Å². The normalized spacial score (nSPS) is 12.4. The van der Waals surface area contributed by atoms with Gasteiger partial charge in [-0.2, -0.15) is 5.10 Å². The maximum Gasteiger partial charge on any atom is 0.279 e. The van der Waals surface area contributed by atoms with Crippen molar-refractivity contribution in [2.75, 3.05) is 11.9 Å². The van der Waals surface area contributed by atoms with Crippen molar-refractivity contribution in [3.05, 3.63) is 47.3 Å². The van der Waals surface area contributed by atoms with Crippen molar-refractivity contribution in [2.45, 2.75) is 33.7 Å². The minimum atomic E-state index is 0.00535. The molecular formula is C18H27N4O+.